The number of nitrogens with one attached hydrogen (secondary N) is 2. The summed E-state index contributed by atoms with van der Waals surface area (Å²) >= 11 is 6.06. The van der Waals surface area contributed by atoms with Crippen LogP contribution in [0.2, 0.25) is 5.02 Å². The average Bonchev–Trinajstić information content (AvgIpc) is 3.03. The van der Waals surface area contributed by atoms with E-state index in [-0.39, 0.29) is 34.0 Å². The molecular formula is C23H34ClFN2O2. The monoisotopic (exact) mass is 424 g/mol. The molecule has 1 aliphatic carbocycles. The molecule has 1 aliphatic heterocycles. The molecule has 0 bridgehead atoms. The first-order valence-electron chi connectivity index (χ1n) is 10.8. The lowest BCUT2D eigenvalue weighted by molar-refractivity contribution is -0.142. The van der Waals surface area contributed by atoms with Gasteiger partial charge in [0.25, 0.3) is 0 Å². The van der Waals surface area contributed by atoms with Crippen molar-refractivity contribution in [2.75, 3.05) is 13.1 Å². The molecule has 2 aliphatic rings. The van der Waals surface area contributed by atoms with Crippen LogP contribution in [0, 0.1) is 23.1 Å². The summed E-state index contributed by atoms with van der Waals surface area (Å²) in [5.74, 6) is -0.846. The highest BCUT2D eigenvalue weighted by Crippen LogP contribution is 2.39. The van der Waals surface area contributed by atoms with Crippen molar-refractivity contribution in [2.24, 2.45) is 17.3 Å². The number of carbonyl (C=O) groups is 1. The molecule has 0 amide bonds. The zero-order valence-corrected chi connectivity index (χ0v) is 18.4. The Kier molecular flexibility index (Phi) is 7.23. The molecule has 0 radical (unpaired) electrons. The van der Waals surface area contributed by atoms with Crippen molar-refractivity contribution in [1.82, 2.24) is 10.6 Å². The third-order valence-electron chi connectivity index (χ3n) is 6.57. The van der Waals surface area contributed by atoms with Gasteiger partial charge in [-0.1, -0.05) is 44.5 Å². The largest absolute Gasteiger partial charge is 0.481 e. The molecule has 1 saturated carbocycles. The predicted molar refractivity (Wildman–Crippen MR) is 115 cm³/mol. The number of halogens is 2. The summed E-state index contributed by atoms with van der Waals surface area (Å²) in [6.45, 7) is 8.25. The van der Waals surface area contributed by atoms with Gasteiger partial charge in [0, 0.05) is 31.1 Å². The Balaban J connectivity index is 1.70. The molecule has 29 heavy (non-hydrogen) atoms. The molecule has 0 aromatic heterocycles. The molecule has 2 fully saturated rings. The van der Waals surface area contributed by atoms with Gasteiger partial charge in [-0.3, -0.25) is 4.79 Å². The van der Waals surface area contributed by atoms with Crippen LogP contribution < -0.4 is 10.6 Å². The quantitative estimate of drug-likeness (QED) is 0.612. The Morgan fingerprint density at radius 1 is 1.28 bits per heavy atom. The lowest BCUT2D eigenvalue weighted by Crippen LogP contribution is -2.42. The van der Waals surface area contributed by atoms with Crippen molar-refractivity contribution < 1.29 is 14.3 Å². The summed E-state index contributed by atoms with van der Waals surface area (Å²) in [5, 5.41) is 16.7. The van der Waals surface area contributed by atoms with Gasteiger partial charge in [-0.2, -0.15) is 0 Å². The van der Waals surface area contributed by atoms with Gasteiger partial charge in [0.15, 0.2) is 0 Å². The molecule has 0 unspecified atom stereocenters. The van der Waals surface area contributed by atoms with Crippen LogP contribution in [-0.4, -0.2) is 36.2 Å². The molecule has 1 aromatic carbocycles. The van der Waals surface area contributed by atoms with Crippen LogP contribution in [0.5, 0.6) is 0 Å². The van der Waals surface area contributed by atoms with Gasteiger partial charge in [0.05, 0.1) is 10.9 Å². The summed E-state index contributed by atoms with van der Waals surface area (Å²) < 4.78 is 14.8. The van der Waals surface area contributed by atoms with E-state index in [2.05, 4.69) is 31.4 Å². The topological polar surface area (TPSA) is 61.4 Å². The van der Waals surface area contributed by atoms with Crippen LogP contribution in [0.4, 0.5) is 4.39 Å². The fourth-order valence-corrected chi connectivity index (χ4v) is 5.21. The highest BCUT2D eigenvalue weighted by molar-refractivity contribution is 6.30. The van der Waals surface area contributed by atoms with E-state index in [9.17, 15) is 14.3 Å². The van der Waals surface area contributed by atoms with E-state index in [4.69, 9.17) is 11.6 Å². The molecule has 4 nitrogen and oxygen atoms in total. The molecule has 3 rings (SSSR count). The molecule has 1 saturated heterocycles. The van der Waals surface area contributed by atoms with Gasteiger partial charge in [-0.05, 0) is 55.1 Å². The zero-order chi connectivity index (χ0) is 21.2. The summed E-state index contributed by atoms with van der Waals surface area (Å²) in [4.78, 5) is 11.2. The summed E-state index contributed by atoms with van der Waals surface area (Å²) in [5.41, 5.74) is 0.875. The second kappa shape index (κ2) is 9.32. The van der Waals surface area contributed by atoms with Crippen molar-refractivity contribution in [3.05, 3.63) is 34.6 Å². The van der Waals surface area contributed by atoms with E-state index in [1.807, 2.05) is 12.1 Å². The Hall–Kier alpha value is -1.17. The van der Waals surface area contributed by atoms with Crippen molar-refractivity contribution in [3.63, 3.8) is 0 Å². The first-order valence-corrected chi connectivity index (χ1v) is 11.2. The molecule has 0 spiro atoms. The van der Waals surface area contributed by atoms with Gasteiger partial charge in [0.2, 0.25) is 0 Å². The van der Waals surface area contributed by atoms with E-state index >= 15 is 0 Å². The number of carboxylic acids is 1. The van der Waals surface area contributed by atoms with Gasteiger partial charge in [-0.25, -0.2) is 4.39 Å². The number of carboxylic acid groups (broad SMARTS) is 1. The average molecular weight is 425 g/mol. The minimum atomic E-state index is -0.676. The maximum absolute atomic E-state index is 14.8. The van der Waals surface area contributed by atoms with Crippen molar-refractivity contribution in [3.8, 4) is 0 Å². The van der Waals surface area contributed by atoms with E-state index in [1.54, 1.807) is 6.07 Å². The van der Waals surface area contributed by atoms with Crippen LogP contribution in [0.25, 0.3) is 0 Å². The number of hydrogen-bond donors (Lipinski definition) is 3. The summed E-state index contributed by atoms with van der Waals surface area (Å²) in [6.07, 6.45) is 4.25. The Morgan fingerprint density at radius 3 is 2.59 bits per heavy atom. The van der Waals surface area contributed by atoms with Crippen LogP contribution in [0.1, 0.15) is 64.4 Å². The SMILES string of the molecule is CC(C)(C)C[C@@H]1NC[C@H](c2cccc(Cl)c2F)[C@@H]1CNC1CCC(C(=O)O)CC1. The maximum atomic E-state index is 14.8. The van der Waals surface area contributed by atoms with Crippen molar-refractivity contribution in [2.45, 2.75) is 70.9 Å². The predicted octanol–water partition coefficient (Wildman–Crippen LogP) is 4.82. The minimum Gasteiger partial charge on any atom is -0.481 e. The number of hydrogen-bond acceptors (Lipinski definition) is 3. The molecule has 1 heterocycles. The zero-order valence-electron chi connectivity index (χ0n) is 17.7. The summed E-state index contributed by atoms with van der Waals surface area (Å²) in [7, 11) is 0. The van der Waals surface area contributed by atoms with Crippen LogP contribution >= 0.6 is 11.6 Å². The second-order valence-electron chi connectivity index (χ2n) is 9.99. The molecule has 162 valence electrons. The van der Waals surface area contributed by atoms with E-state index in [1.165, 1.54) is 0 Å². The molecule has 1 aromatic rings. The van der Waals surface area contributed by atoms with Gasteiger partial charge in [0.1, 0.15) is 5.82 Å². The Labute approximate surface area is 178 Å². The highest BCUT2D eigenvalue weighted by atomic mass is 35.5. The van der Waals surface area contributed by atoms with Crippen molar-refractivity contribution in [1.29, 1.82) is 0 Å². The first kappa shape index (κ1) is 22.5. The first-order chi connectivity index (χ1) is 13.7. The smallest absolute Gasteiger partial charge is 0.306 e. The van der Waals surface area contributed by atoms with E-state index in [0.29, 0.717) is 17.6 Å². The number of benzene rings is 1. The number of aliphatic carboxylic acids is 1. The van der Waals surface area contributed by atoms with Gasteiger partial charge >= 0.3 is 5.97 Å². The van der Waals surface area contributed by atoms with Gasteiger partial charge in [-0.15, -0.1) is 0 Å². The Morgan fingerprint density at radius 2 is 1.97 bits per heavy atom. The van der Waals surface area contributed by atoms with E-state index in [0.717, 1.165) is 45.2 Å². The minimum absolute atomic E-state index is 0.0731. The number of rotatable bonds is 6. The fourth-order valence-electron chi connectivity index (χ4n) is 5.02. The van der Waals surface area contributed by atoms with Crippen molar-refractivity contribution >= 4 is 17.6 Å². The van der Waals surface area contributed by atoms with Crippen LogP contribution in [-0.2, 0) is 4.79 Å². The summed E-state index contributed by atoms with van der Waals surface area (Å²) in [6, 6.07) is 5.93. The lowest BCUT2D eigenvalue weighted by Gasteiger charge is -2.33. The Bertz CT molecular complexity index is 713. The van der Waals surface area contributed by atoms with E-state index < -0.39 is 5.97 Å². The standard InChI is InChI=1S/C23H34ClFN2O2/c1-23(2,3)11-20-18(13-26-15-9-7-14(8-10-15)22(28)29)17(12-27-20)16-5-4-6-19(24)21(16)25/h4-6,14-15,17-18,20,26-27H,7-13H2,1-3H3,(H,28,29)/t14?,15?,17-,18+,20+/m1/s1. The maximum Gasteiger partial charge on any atom is 0.306 e. The lowest BCUT2D eigenvalue weighted by atomic mass is 9.78. The molecule has 3 N–H and O–H groups in total. The normalized spacial score (nSPS) is 30.4. The third-order valence-corrected chi connectivity index (χ3v) is 6.86. The fraction of sp³-hybridized carbons (Fsp3) is 0.696. The molecular weight excluding hydrogens is 391 g/mol. The van der Waals surface area contributed by atoms with Crippen LogP contribution in [0.3, 0.4) is 0 Å². The van der Waals surface area contributed by atoms with Crippen LogP contribution in [0.15, 0.2) is 18.2 Å². The molecule has 3 atom stereocenters. The second-order valence-corrected chi connectivity index (χ2v) is 10.4. The van der Waals surface area contributed by atoms with Gasteiger partial charge < -0.3 is 15.7 Å². The molecule has 6 heteroatoms. The highest BCUT2D eigenvalue weighted by Gasteiger charge is 2.40. The third kappa shape index (κ3) is 5.71.